The van der Waals surface area contributed by atoms with E-state index in [0.29, 0.717) is 5.69 Å². The summed E-state index contributed by atoms with van der Waals surface area (Å²) >= 11 is 0. The largest absolute Gasteiger partial charge is 0.479 e. The fourth-order valence-corrected chi connectivity index (χ4v) is 1.54. The number of Topliss-reactive ketones (excluding diaryl/α,β-unsaturated/α-hetero) is 1. The van der Waals surface area contributed by atoms with Crippen LogP contribution in [0.2, 0.25) is 0 Å². The van der Waals surface area contributed by atoms with Crippen LogP contribution in [0, 0.1) is 5.82 Å². The number of carbonyl (C=O) groups is 1. The molecule has 0 N–H and O–H groups in total. The first kappa shape index (κ1) is 12.2. The molecular formula is C13H11FN2O2. The Kier molecular flexibility index (Phi) is 3.62. The molecule has 0 amide bonds. The molecule has 0 saturated heterocycles. The number of pyridine rings is 2. The Balaban J connectivity index is 2.24. The first-order valence-electron chi connectivity index (χ1n) is 5.34. The number of hydrogen-bond acceptors (Lipinski definition) is 4. The number of carbonyl (C=O) groups excluding carboxylic acids is 1. The Morgan fingerprint density at radius 2 is 2.11 bits per heavy atom. The lowest BCUT2D eigenvalue weighted by Crippen LogP contribution is -2.09. The smallest absolute Gasteiger partial charge is 0.250 e. The van der Waals surface area contributed by atoms with E-state index in [1.807, 2.05) is 0 Å². The molecule has 0 saturated carbocycles. The molecule has 0 radical (unpaired) electrons. The SMILES string of the molecule is COc1nccc(C(=O)Cc2ccccn2)c1F. The van der Waals surface area contributed by atoms with Crippen LogP contribution in [0.1, 0.15) is 16.1 Å². The number of rotatable bonds is 4. The standard InChI is InChI=1S/C13H11FN2O2/c1-18-13-12(14)10(5-7-16-13)11(17)8-9-4-2-3-6-15-9/h2-7H,8H2,1H3. The second-order valence-corrected chi connectivity index (χ2v) is 3.60. The third kappa shape index (κ3) is 2.51. The highest BCUT2D eigenvalue weighted by Gasteiger charge is 2.17. The van der Waals surface area contributed by atoms with Crippen molar-refractivity contribution in [1.82, 2.24) is 9.97 Å². The van der Waals surface area contributed by atoms with Crippen LogP contribution in [-0.4, -0.2) is 22.9 Å². The van der Waals surface area contributed by atoms with E-state index >= 15 is 0 Å². The van der Waals surface area contributed by atoms with Crippen molar-refractivity contribution in [1.29, 1.82) is 0 Å². The van der Waals surface area contributed by atoms with Crippen LogP contribution in [0.4, 0.5) is 4.39 Å². The predicted octanol–water partition coefficient (Wildman–Crippen LogP) is 2.05. The summed E-state index contributed by atoms with van der Waals surface area (Å²) in [5, 5.41) is 0. The topological polar surface area (TPSA) is 52.1 Å². The van der Waals surface area contributed by atoms with Crippen molar-refractivity contribution in [2.45, 2.75) is 6.42 Å². The molecule has 0 aliphatic heterocycles. The van der Waals surface area contributed by atoms with E-state index in [2.05, 4.69) is 9.97 Å². The molecule has 0 aromatic carbocycles. The minimum Gasteiger partial charge on any atom is -0.479 e. The second kappa shape index (κ2) is 5.35. The molecule has 4 nitrogen and oxygen atoms in total. The zero-order valence-corrected chi connectivity index (χ0v) is 9.76. The van der Waals surface area contributed by atoms with Crippen LogP contribution in [0.25, 0.3) is 0 Å². The van der Waals surface area contributed by atoms with E-state index < -0.39 is 5.82 Å². The summed E-state index contributed by atoms with van der Waals surface area (Å²) in [6.45, 7) is 0. The lowest BCUT2D eigenvalue weighted by molar-refractivity contribution is 0.0987. The molecule has 0 aliphatic carbocycles. The van der Waals surface area contributed by atoms with Crippen LogP contribution in [-0.2, 0) is 6.42 Å². The molecular weight excluding hydrogens is 235 g/mol. The zero-order chi connectivity index (χ0) is 13.0. The van der Waals surface area contributed by atoms with E-state index in [9.17, 15) is 9.18 Å². The summed E-state index contributed by atoms with van der Waals surface area (Å²) in [6.07, 6.45) is 2.98. The van der Waals surface area contributed by atoms with Gasteiger partial charge >= 0.3 is 0 Å². The Morgan fingerprint density at radius 3 is 2.78 bits per heavy atom. The van der Waals surface area contributed by atoms with E-state index in [1.54, 1.807) is 24.4 Å². The third-order valence-corrected chi connectivity index (χ3v) is 2.42. The highest BCUT2D eigenvalue weighted by atomic mass is 19.1. The van der Waals surface area contributed by atoms with Gasteiger partial charge in [-0.2, -0.15) is 0 Å². The Hall–Kier alpha value is -2.30. The highest BCUT2D eigenvalue weighted by molar-refractivity contribution is 5.97. The molecule has 0 spiro atoms. The molecule has 2 aromatic rings. The van der Waals surface area contributed by atoms with E-state index in [1.165, 1.54) is 19.4 Å². The average molecular weight is 246 g/mol. The first-order chi connectivity index (χ1) is 8.72. The third-order valence-electron chi connectivity index (χ3n) is 2.42. The molecule has 5 heteroatoms. The molecule has 2 heterocycles. The van der Waals surface area contributed by atoms with Crippen molar-refractivity contribution in [2.75, 3.05) is 7.11 Å². The van der Waals surface area contributed by atoms with Crippen LogP contribution in [0.3, 0.4) is 0 Å². The second-order valence-electron chi connectivity index (χ2n) is 3.60. The predicted molar refractivity (Wildman–Crippen MR) is 63.0 cm³/mol. The molecule has 2 aromatic heterocycles. The molecule has 92 valence electrons. The molecule has 2 rings (SSSR count). The quantitative estimate of drug-likeness (QED) is 0.775. The van der Waals surface area contributed by atoms with E-state index in [0.717, 1.165) is 0 Å². The van der Waals surface area contributed by atoms with Gasteiger partial charge in [-0.05, 0) is 18.2 Å². The fraction of sp³-hybridized carbons (Fsp3) is 0.154. The number of nitrogens with zero attached hydrogens (tertiary/aromatic N) is 2. The number of halogens is 1. The zero-order valence-electron chi connectivity index (χ0n) is 9.76. The van der Waals surface area contributed by atoms with Gasteiger partial charge in [-0.1, -0.05) is 6.07 Å². The van der Waals surface area contributed by atoms with Gasteiger partial charge in [-0.25, -0.2) is 9.37 Å². The van der Waals surface area contributed by atoms with Crippen molar-refractivity contribution in [3.05, 3.63) is 53.7 Å². The van der Waals surface area contributed by atoms with Crippen molar-refractivity contribution < 1.29 is 13.9 Å². The minimum absolute atomic E-state index is 0.0347. The summed E-state index contributed by atoms with van der Waals surface area (Å²) in [7, 11) is 1.30. The van der Waals surface area contributed by atoms with Crippen molar-refractivity contribution in [3.8, 4) is 5.88 Å². The maximum Gasteiger partial charge on any atom is 0.250 e. The van der Waals surface area contributed by atoms with Gasteiger partial charge in [0.1, 0.15) is 0 Å². The fourth-order valence-electron chi connectivity index (χ4n) is 1.54. The lowest BCUT2D eigenvalue weighted by Gasteiger charge is -2.05. The summed E-state index contributed by atoms with van der Waals surface area (Å²) in [6, 6.07) is 6.58. The van der Waals surface area contributed by atoms with Crippen LogP contribution in [0.15, 0.2) is 36.7 Å². The summed E-state index contributed by atoms with van der Waals surface area (Å²) in [5.41, 5.74) is 0.560. The molecule has 0 fully saturated rings. The van der Waals surface area contributed by atoms with Gasteiger partial charge in [0.05, 0.1) is 19.1 Å². The van der Waals surface area contributed by atoms with Crippen LogP contribution in [0.5, 0.6) is 5.88 Å². The van der Waals surface area contributed by atoms with Gasteiger partial charge in [0.15, 0.2) is 11.6 Å². The van der Waals surface area contributed by atoms with Crippen LogP contribution < -0.4 is 4.74 Å². The normalized spacial score (nSPS) is 10.1. The van der Waals surface area contributed by atoms with Crippen molar-refractivity contribution >= 4 is 5.78 Å². The number of ether oxygens (including phenoxy) is 1. The highest BCUT2D eigenvalue weighted by Crippen LogP contribution is 2.18. The number of methoxy groups -OCH3 is 1. The summed E-state index contributed by atoms with van der Waals surface area (Å²) in [5.74, 6) is -1.27. The number of aromatic nitrogens is 2. The maximum atomic E-state index is 13.8. The maximum absolute atomic E-state index is 13.8. The van der Waals surface area contributed by atoms with Gasteiger partial charge in [0.25, 0.3) is 5.88 Å². The van der Waals surface area contributed by atoms with Crippen molar-refractivity contribution in [3.63, 3.8) is 0 Å². The summed E-state index contributed by atoms with van der Waals surface area (Å²) < 4.78 is 18.5. The lowest BCUT2D eigenvalue weighted by atomic mass is 10.1. The van der Waals surface area contributed by atoms with Gasteiger partial charge in [0, 0.05) is 18.1 Å². The molecule has 0 unspecified atom stereocenters. The van der Waals surface area contributed by atoms with Crippen LogP contribution >= 0.6 is 0 Å². The van der Waals surface area contributed by atoms with Gasteiger partial charge in [-0.15, -0.1) is 0 Å². The van der Waals surface area contributed by atoms with Gasteiger partial charge in [-0.3, -0.25) is 9.78 Å². The Morgan fingerprint density at radius 1 is 1.28 bits per heavy atom. The minimum atomic E-state index is -0.735. The molecule has 0 atom stereocenters. The molecule has 0 aliphatic rings. The molecule has 0 bridgehead atoms. The van der Waals surface area contributed by atoms with Gasteiger partial charge < -0.3 is 4.74 Å². The van der Waals surface area contributed by atoms with E-state index in [-0.39, 0.29) is 23.6 Å². The Labute approximate surface area is 103 Å². The monoisotopic (exact) mass is 246 g/mol. The first-order valence-corrected chi connectivity index (χ1v) is 5.34. The number of hydrogen-bond donors (Lipinski definition) is 0. The van der Waals surface area contributed by atoms with Gasteiger partial charge in [0.2, 0.25) is 0 Å². The molecule has 18 heavy (non-hydrogen) atoms. The van der Waals surface area contributed by atoms with Crippen molar-refractivity contribution in [2.24, 2.45) is 0 Å². The average Bonchev–Trinajstić information content (AvgIpc) is 2.40. The summed E-state index contributed by atoms with van der Waals surface area (Å²) in [4.78, 5) is 19.6. The Bertz CT molecular complexity index is 558. The number of ketones is 1. The van der Waals surface area contributed by atoms with E-state index in [4.69, 9.17) is 4.74 Å².